The molecule has 1 saturated heterocycles. The quantitative estimate of drug-likeness (QED) is 0.890. The summed E-state index contributed by atoms with van der Waals surface area (Å²) in [7, 11) is 0. The van der Waals surface area contributed by atoms with Gasteiger partial charge >= 0.3 is 0 Å². The van der Waals surface area contributed by atoms with Gasteiger partial charge in [0.15, 0.2) is 0 Å². The van der Waals surface area contributed by atoms with Gasteiger partial charge in [0.05, 0.1) is 32.0 Å². The van der Waals surface area contributed by atoms with Crippen molar-refractivity contribution in [3.63, 3.8) is 0 Å². The first-order valence-electron chi connectivity index (χ1n) is 9.04. The third-order valence-corrected chi connectivity index (χ3v) is 6.13. The van der Waals surface area contributed by atoms with Gasteiger partial charge < -0.3 is 14.6 Å². The summed E-state index contributed by atoms with van der Waals surface area (Å²) >= 11 is 1.76. The van der Waals surface area contributed by atoms with Crippen molar-refractivity contribution in [3.8, 4) is 10.4 Å². The van der Waals surface area contributed by atoms with Crippen LogP contribution in [0.3, 0.4) is 0 Å². The van der Waals surface area contributed by atoms with Crippen LogP contribution in [0.2, 0.25) is 0 Å². The van der Waals surface area contributed by atoms with Crippen LogP contribution < -0.4 is 0 Å². The number of hydrogen-bond donors (Lipinski definition) is 1. The molecule has 1 aromatic heterocycles. The molecule has 4 rings (SSSR count). The van der Waals surface area contributed by atoms with Crippen molar-refractivity contribution in [1.29, 1.82) is 0 Å². The van der Waals surface area contributed by atoms with E-state index in [1.165, 1.54) is 16.0 Å². The predicted molar refractivity (Wildman–Crippen MR) is 99.8 cm³/mol. The van der Waals surface area contributed by atoms with Gasteiger partial charge in [-0.1, -0.05) is 30.3 Å². The second-order valence-electron chi connectivity index (χ2n) is 6.86. The minimum absolute atomic E-state index is 0.139. The molecule has 0 spiro atoms. The standard InChI is InChI=1S/C20H25NO3S/c22-19-13-17(12-18(19)21-7-9-23-10-8-21)24-14-15-3-5-16(6-4-15)20-2-1-11-25-20/h1-6,11,17-19,22H,7-10,12-14H2/t17-,18-,19-/m0/s1. The van der Waals surface area contributed by atoms with E-state index in [4.69, 9.17) is 9.47 Å². The molecule has 25 heavy (non-hydrogen) atoms. The third-order valence-electron chi connectivity index (χ3n) is 5.21. The molecule has 2 aromatic rings. The smallest absolute Gasteiger partial charge is 0.0721 e. The molecule has 2 fully saturated rings. The van der Waals surface area contributed by atoms with E-state index in [1.807, 2.05) is 0 Å². The summed E-state index contributed by atoms with van der Waals surface area (Å²) < 4.78 is 11.5. The molecule has 134 valence electrons. The molecule has 2 heterocycles. The van der Waals surface area contributed by atoms with Crippen LogP contribution in [0.5, 0.6) is 0 Å². The van der Waals surface area contributed by atoms with Gasteiger partial charge in [-0.05, 0) is 29.0 Å². The van der Waals surface area contributed by atoms with Gasteiger partial charge in [-0.2, -0.15) is 0 Å². The molecule has 1 N–H and O–H groups in total. The molecule has 0 radical (unpaired) electrons. The number of nitrogens with zero attached hydrogens (tertiary/aromatic N) is 1. The Morgan fingerprint density at radius 3 is 2.64 bits per heavy atom. The topological polar surface area (TPSA) is 41.9 Å². The van der Waals surface area contributed by atoms with Gasteiger partial charge in [0.2, 0.25) is 0 Å². The second-order valence-corrected chi connectivity index (χ2v) is 7.81. The largest absolute Gasteiger partial charge is 0.391 e. The van der Waals surface area contributed by atoms with E-state index < -0.39 is 0 Å². The fourth-order valence-corrected chi connectivity index (χ4v) is 4.54. The molecule has 1 saturated carbocycles. The lowest BCUT2D eigenvalue weighted by Crippen LogP contribution is -2.46. The SMILES string of the molecule is O[C@H]1C[C@@H](OCc2ccc(-c3cccs3)cc2)C[C@@H]1N1CCOCC1. The fourth-order valence-electron chi connectivity index (χ4n) is 3.81. The van der Waals surface area contributed by atoms with E-state index >= 15 is 0 Å². The lowest BCUT2D eigenvalue weighted by atomic mass is 10.1. The van der Waals surface area contributed by atoms with Crippen molar-refractivity contribution < 1.29 is 14.6 Å². The summed E-state index contributed by atoms with van der Waals surface area (Å²) in [5.41, 5.74) is 2.44. The third kappa shape index (κ3) is 4.13. The van der Waals surface area contributed by atoms with Gasteiger partial charge in [0.25, 0.3) is 0 Å². The van der Waals surface area contributed by atoms with Crippen LogP contribution in [0.25, 0.3) is 10.4 Å². The Balaban J connectivity index is 1.29. The summed E-state index contributed by atoms with van der Waals surface area (Å²) in [6.45, 7) is 3.98. The zero-order valence-corrected chi connectivity index (χ0v) is 15.2. The number of aliphatic hydroxyl groups excluding tert-OH is 1. The molecular weight excluding hydrogens is 334 g/mol. The molecule has 1 aliphatic heterocycles. The Kier molecular flexibility index (Phi) is 5.48. The lowest BCUT2D eigenvalue weighted by molar-refractivity contribution is -0.0121. The van der Waals surface area contributed by atoms with Crippen LogP contribution in [0.15, 0.2) is 41.8 Å². The molecule has 2 aliphatic rings. The normalized spacial score (nSPS) is 27.6. The molecule has 0 unspecified atom stereocenters. The van der Waals surface area contributed by atoms with E-state index in [9.17, 15) is 5.11 Å². The molecular formula is C20H25NO3S. The van der Waals surface area contributed by atoms with Crippen LogP contribution >= 0.6 is 11.3 Å². The number of benzene rings is 1. The van der Waals surface area contributed by atoms with Crippen molar-refractivity contribution in [3.05, 3.63) is 47.3 Å². The predicted octanol–water partition coefficient (Wildman–Crippen LogP) is 3.16. The van der Waals surface area contributed by atoms with Crippen molar-refractivity contribution >= 4 is 11.3 Å². The maximum Gasteiger partial charge on any atom is 0.0721 e. The number of aliphatic hydroxyl groups is 1. The number of morpholine rings is 1. The van der Waals surface area contributed by atoms with Gasteiger partial charge in [-0.15, -0.1) is 11.3 Å². The number of rotatable bonds is 5. The van der Waals surface area contributed by atoms with Gasteiger partial charge in [0, 0.05) is 30.4 Å². The Labute approximate surface area is 153 Å². The van der Waals surface area contributed by atoms with Gasteiger partial charge in [0.1, 0.15) is 0 Å². The minimum Gasteiger partial charge on any atom is -0.391 e. The Morgan fingerprint density at radius 2 is 1.92 bits per heavy atom. The van der Waals surface area contributed by atoms with Crippen LogP contribution in [0.1, 0.15) is 18.4 Å². The van der Waals surface area contributed by atoms with Crippen molar-refractivity contribution in [2.24, 2.45) is 0 Å². The van der Waals surface area contributed by atoms with E-state index in [2.05, 4.69) is 46.7 Å². The van der Waals surface area contributed by atoms with Crippen LogP contribution in [-0.4, -0.2) is 54.6 Å². The Hall–Kier alpha value is -1.24. The van der Waals surface area contributed by atoms with Gasteiger partial charge in [-0.25, -0.2) is 0 Å². The summed E-state index contributed by atoms with van der Waals surface area (Å²) in [6, 6.07) is 13.0. The molecule has 4 nitrogen and oxygen atoms in total. The fraction of sp³-hybridized carbons (Fsp3) is 0.500. The Bertz CT molecular complexity index is 652. The first-order chi connectivity index (χ1) is 12.3. The summed E-state index contributed by atoms with van der Waals surface area (Å²) in [5.74, 6) is 0. The maximum absolute atomic E-state index is 10.4. The zero-order chi connectivity index (χ0) is 17.1. The highest BCUT2D eigenvalue weighted by molar-refractivity contribution is 7.13. The van der Waals surface area contributed by atoms with Crippen molar-refractivity contribution in [2.75, 3.05) is 26.3 Å². The highest BCUT2D eigenvalue weighted by Crippen LogP contribution is 2.29. The number of hydrogen-bond acceptors (Lipinski definition) is 5. The van der Waals surface area contributed by atoms with Gasteiger partial charge in [-0.3, -0.25) is 4.90 Å². The van der Waals surface area contributed by atoms with Crippen molar-refractivity contribution in [1.82, 2.24) is 4.90 Å². The van der Waals surface area contributed by atoms with E-state index in [0.717, 1.165) is 39.1 Å². The van der Waals surface area contributed by atoms with E-state index in [1.54, 1.807) is 11.3 Å². The summed E-state index contributed by atoms with van der Waals surface area (Å²) in [5, 5.41) is 12.5. The first kappa shape index (κ1) is 17.2. The number of ether oxygens (including phenoxy) is 2. The zero-order valence-electron chi connectivity index (χ0n) is 14.3. The molecule has 3 atom stereocenters. The monoisotopic (exact) mass is 359 g/mol. The highest BCUT2D eigenvalue weighted by Gasteiger charge is 2.37. The molecule has 5 heteroatoms. The van der Waals surface area contributed by atoms with Crippen LogP contribution in [-0.2, 0) is 16.1 Å². The minimum atomic E-state index is -0.288. The van der Waals surface area contributed by atoms with E-state index in [-0.39, 0.29) is 18.2 Å². The molecule has 1 aromatic carbocycles. The molecule has 0 amide bonds. The Morgan fingerprint density at radius 1 is 1.12 bits per heavy atom. The lowest BCUT2D eigenvalue weighted by Gasteiger charge is -2.33. The highest BCUT2D eigenvalue weighted by atomic mass is 32.1. The average Bonchev–Trinajstić information content (AvgIpc) is 3.31. The summed E-state index contributed by atoms with van der Waals surface area (Å²) in [4.78, 5) is 3.65. The number of thiophene rings is 1. The van der Waals surface area contributed by atoms with Crippen molar-refractivity contribution in [2.45, 2.75) is 37.7 Å². The van der Waals surface area contributed by atoms with Crippen LogP contribution in [0, 0.1) is 0 Å². The summed E-state index contributed by atoms with van der Waals surface area (Å²) in [6.07, 6.45) is 1.49. The molecule has 0 bridgehead atoms. The maximum atomic E-state index is 10.4. The van der Waals surface area contributed by atoms with Crippen LogP contribution in [0.4, 0.5) is 0 Å². The second kappa shape index (κ2) is 7.98. The van der Waals surface area contributed by atoms with E-state index in [0.29, 0.717) is 6.61 Å². The average molecular weight is 359 g/mol. The molecule has 1 aliphatic carbocycles. The first-order valence-corrected chi connectivity index (χ1v) is 9.92.